The summed E-state index contributed by atoms with van der Waals surface area (Å²) in [6.45, 7) is 0. The van der Waals surface area contributed by atoms with E-state index in [9.17, 15) is 57.1 Å². The molecule has 0 saturated carbocycles. The van der Waals surface area contributed by atoms with Crippen LogP contribution in [0.3, 0.4) is 0 Å². The summed E-state index contributed by atoms with van der Waals surface area (Å²) in [7, 11) is 0. The summed E-state index contributed by atoms with van der Waals surface area (Å²) < 4.78 is 157. The van der Waals surface area contributed by atoms with Crippen molar-refractivity contribution in [1.82, 2.24) is 0 Å². The SMILES string of the molecule is FC(F)=C(F)C(F)(F)C(F)(F)C(F)(F)C(F)(F)C(F)F. The van der Waals surface area contributed by atoms with Gasteiger partial charge in [-0.3, -0.25) is 0 Å². The zero-order valence-electron chi connectivity index (χ0n) is 8.49. The monoisotopic (exact) mass is 332 g/mol. The zero-order chi connectivity index (χ0) is 16.7. The second kappa shape index (κ2) is 4.98. The van der Waals surface area contributed by atoms with Gasteiger partial charge < -0.3 is 0 Å². The van der Waals surface area contributed by atoms with Gasteiger partial charge in [-0.1, -0.05) is 0 Å². The molecule has 0 radical (unpaired) electrons. The van der Waals surface area contributed by atoms with Gasteiger partial charge in [-0.15, -0.1) is 0 Å². The van der Waals surface area contributed by atoms with E-state index >= 15 is 0 Å². The van der Waals surface area contributed by atoms with Gasteiger partial charge >= 0.3 is 36.2 Å². The third-order valence-electron chi connectivity index (χ3n) is 1.92. The highest BCUT2D eigenvalue weighted by Gasteiger charge is 2.84. The molecule has 0 bridgehead atoms. The van der Waals surface area contributed by atoms with E-state index in [1.807, 2.05) is 0 Å². The van der Waals surface area contributed by atoms with E-state index in [2.05, 4.69) is 0 Å². The molecule has 0 aromatic carbocycles. The number of halogens is 13. The number of hydrogen-bond donors (Lipinski definition) is 0. The topological polar surface area (TPSA) is 0 Å². The largest absolute Gasteiger partial charge is 0.385 e. The Labute approximate surface area is 100 Å². The Hall–Kier alpha value is -1.17. The molecule has 0 rings (SSSR count). The minimum Gasteiger partial charge on any atom is -0.203 e. The van der Waals surface area contributed by atoms with Crippen molar-refractivity contribution in [2.45, 2.75) is 30.1 Å². The second-order valence-electron chi connectivity index (χ2n) is 3.22. The molecular weight excluding hydrogens is 331 g/mol. The van der Waals surface area contributed by atoms with Gasteiger partial charge in [-0.2, -0.15) is 48.3 Å². The molecule has 120 valence electrons. The lowest BCUT2D eigenvalue weighted by atomic mass is 9.98. The molecule has 0 unspecified atom stereocenters. The fourth-order valence-electron chi connectivity index (χ4n) is 0.800. The number of allylic oxidation sites excluding steroid dienone is 1. The second-order valence-corrected chi connectivity index (χ2v) is 3.22. The van der Waals surface area contributed by atoms with Crippen molar-refractivity contribution in [3.63, 3.8) is 0 Å². The predicted molar refractivity (Wildman–Crippen MR) is 36.1 cm³/mol. The van der Waals surface area contributed by atoms with E-state index in [1.54, 1.807) is 0 Å². The normalized spacial score (nSPS) is 14.7. The average Bonchev–Trinajstić information content (AvgIpc) is 2.26. The van der Waals surface area contributed by atoms with Crippen LogP contribution in [0.5, 0.6) is 0 Å². The Morgan fingerprint density at radius 1 is 0.650 bits per heavy atom. The highest BCUT2D eigenvalue weighted by molar-refractivity contribution is 5.17. The van der Waals surface area contributed by atoms with Gasteiger partial charge in [0.1, 0.15) is 0 Å². The van der Waals surface area contributed by atoms with Crippen LogP contribution in [0.25, 0.3) is 0 Å². The number of rotatable bonds is 5. The first-order chi connectivity index (χ1) is 8.55. The van der Waals surface area contributed by atoms with Crippen molar-refractivity contribution in [1.29, 1.82) is 0 Å². The van der Waals surface area contributed by atoms with Crippen molar-refractivity contribution < 1.29 is 57.1 Å². The van der Waals surface area contributed by atoms with Crippen LogP contribution in [0, 0.1) is 0 Å². The van der Waals surface area contributed by atoms with Gasteiger partial charge in [-0.05, 0) is 0 Å². The van der Waals surface area contributed by atoms with Crippen LogP contribution in [-0.2, 0) is 0 Å². The van der Waals surface area contributed by atoms with Crippen molar-refractivity contribution in [3.05, 3.63) is 11.9 Å². The molecule has 0 heterocycles. The van der Waals surface area contributed by atoms with E-state index < -0.39 is 42.0 Å². The molecular formula is C7HF13. The molecule has 0 N–H and O–H groups in total. The Bertz CT molecular complexity index is 388. The van der Waals surface area contributed by atoms with E-state index in [4.69, 9.17) is 0 Å². The molecule has 0 aliphatic carbocycles. The summed E-state index contributed by atoms with van der Waals surface area (Å²) in [5.41, 5.74) is 0. The van der Waals surface area contributed by atoms with E-state index in [1.165, 1.54) is 0 Å². The van der Waals surface area contributed by atoms with Crippen LogP contribution in [-0.4, -0.2) is 30.1 Å². The summed E-state index contributed by atoms with van der Waals surface area (Å²) in [5.74, 6) is -33.6. The minimum absolute atomic E-state index is 4.20. The standard InChI is InChI=1S/C7HF13/c8-1(2(9)10)4(13,14)6(17,18)7(19,20)5(15,16)3(11)12/h3H. The van der Waals surface area contributed by atoms with E-state index in [-0.39, 0.29) is 0 Å². The highest BCUT2D eigenvalue weighted by Crippen LogP contribution is 2.56. The van der Waals surface area contributed by atoms with Gasteiger partial charge in [0.05, 0.1) is 0 Å². The zero-order valence-corrected chi connectivity index (χ0v) is 8.49. The molecule has 0 aromatic heterocycles. The lowest BCUT2D eigenvalue weighted by Gasteiger charge is -2.35. The molecule has 0 aliphatic rings. The maximum absolute atomic E-state index is 12.5. The molecule has 0 aliphatic heterocycles. The molecule has 0 nitrogen and oxygen atoms in total. The van der Waals surface area contributed by atoms with Gasteiger partial charge in [0.2, 0.25) is 5.83 Å². The summed E-state index contributed by atoms with van der Waals surface area (Å²) in [5, 5.41) is 0. The Kier molecular flexibility index (Phi) is 4.69. The molecule has 0 amide bonds. The quantitative estimate of drug-likeness (QED) is 0.630. The fourth-order valence-corrected chi connectivity index (χ4v) is 0.800. The third-order valence-corrected chi connectivity index (χ3v) is 1.92. The van der Waals surface area contributed by atoms with Gasteiger partial charge in [0.25, 0.3) is 0 Å². The Morgan fingerprint density at radius 3 is 1.25 bits per heavy atom. The third kappa shape index (κ3) is 2.41. The molecule has 0 fully saturated rings. The average molecular weight is 332 g/mol. The van der Waals surface area contributed by atoms with E-state index in [0.717, 1.165) is 0 Å². The summed E-state index contributed by atoms with van der Waals surface area (Å²) in [4.78, 5) is 0. The van der Waals surface area contributed by atoms with Crippen LogP contribution in [0.2, 0.25) is 0 Å². The smallest absolute Gasteiger partial charge is 0.203 e. The number of hydrogen-bond acceptors (Lipinski definition) is 0. The summed E-state index contributed by atoms with van der Waals surface area (Å²) in [6.07, 6.45) is -9.74. The van der Waals surface area contributed by atoms with Crippen LogP contribution in [0.15, 0.2) is 11.9 Å². The van der Waals surface area contributed by atoms with Gasteiger partial charge in [0, 0.05) is 0 Å². The Balaban J connectivity index is 6.05. The van der Waals surface area contributed by atoms with Crippen molar-refractivity contribution in [2.24, 2.45) is 0 Å². The van der Waals surface area contributed by atoms with Gasteiger partial charge in [0.15, 0.2) is 0 Å². The molecule has 0 atom stereocenters. The molecule has 0 aromatic rings. The maximum atomic E-state index is 12.5. The highest BCUT2D eigenvalue weighted by atomic mass is 19.4. The summed E-state index contributed by atoms with van der Waals surface area (Å²) in [6, 6.07) is 0. The van der Waals surface area contributed by atoms with Crippen molar-refractivity contribution in [2.75, 3.05) is 0 Å². The van der Waals surface area contributed by atoms with Crippen LogP contribution >= 0.6 is 0 Å². The van der Waals surface area contributed by atoms with Crippen LogP contribution < -0.4 is 0 Å². The molecule has 20 heavy (non-hydrogen) atoms. The first-order valence-electron chi connectivity index (χ1n) is 4.05. The van der Waals surface area contributed by atoms with Crippen molar-refractivity contribution in [3.8, 4) is 0 Å². The first kappa shape index (κ1) is 18.8. The predicted octanol–water partition coefficient (Wildman–Crippen LogP) is 4.87. The van der Waals surface area contributed by atoms with E-state index in [0.29, 0.717) is 0 Å². The Morgan fingerprint density at radius 2 is 1.00 bits per heavy atom. The van der Waals surface area contributed by atoms with Crippen LogP contribution in [0.1, 0.15) is 0 Å². The van der Waals surface area contributed by atoms with Crippen LogP contribution in [0.4, 0.5) is 57.1 Å². The fraction of sp³-hybridized carbons (Fsp3) is 0.714. The van der Waals surface area contributed by atoms with Gasteiger partial charge in [-0.25, -0.2) is 8.78 Å². The molecule has 13 heteroatoms. The lowest BCUT2D eigenvalue weighted by molar-refractivity contribution is -0.379. The number of alkyl halides is 10. The lowest BCUT2D eigenvalue weighted by Crippen LogP contribution is -2.64. The summed E-state index contributed by atoms with van der Waals surface area (Å²) >= 11 is 0. The molecule has 0 saturated heterocycles. The van der Waals surface area contributed by atoms with Crippen molar-refractivity contribution >= 4 is 0 Å². The molecule has 0 spiro atoms. The minimum atomic E-state index is -7.55. The first-order valence-corrected chi connectivity index (χ1v) is 4.05. The maximum Gasteiger partial charge on any atom is 0.385 e.